The van der Waals surface area contributed by atoms with E-state index in [4.69, 9.17) is 37.7 Å². The van der Waals surface area contributed by atoms with E-state index >= 15 is 0 Å². The molecular formula is C32H54N4O24S. The van der Waals surface area contributed by atoms with Crippen LogP contribution in [0.15, 0.2) is 0 Å². The van der Waals surface area contributed by atoms with Crippen LogP contribution in [0.1, 0.15) is 27.7 Å². The predicted octanol–water partition coefficient (Wildman–Crippen LogP) is -9.35. The number of rotatable bonds is 16. The van der Waals surface area contributed by atoms with E-state index in [-0.39, 0.29) is 0 Å². The van der Waals surface area contributed by atoms with E-state index in [1.807, 2.05) is 0 Å². The molecule has 14 N–H and O–H groups in total. The van der Waals surface area contributed by atoms with Gasteiger partial charge in [-0.05, 0) is 0 Å². The van der Waals surface area contributed by atoms with Crippen molar-refractivity contribution in [2.75, 3.05) is 26.4 Å². The summed E-state index contributed by atoms with van der Waals surface area (Å²) in [5, 5.41) is 106. The second kappa shape index (κ2) is 21.7. The van der Waals surface area contributed by atoms with Gasteiger partial charge < -0.3 is 100 Å². The Labute approximate surface area is 347 Å². The van der Waals surface area contributed by atoms with Gasteiger partial charge in [0.25, 0.3) is 0 Å². The molecule has 4 saturated heterocycles. The van der Waals surface area contributed by atoms with E-state index in [9.17, 15) is 73.6 Å². The molecule has 4 aliphatic rings. The third kappa shape index (κ3) is 12.6. The van der Waals surface area contributed by atoms with E-state index in [1.54, 1.807) is 0 Å². The summed E-state index contributed by atoms with van der Waals surface area (Å²) in [6, 6.07) is -6.56. The van der Waals surface area contributed by atoms with Crippen molar-refractivity contribution in [3.63, 3.8) is 0 Å². The first-order valence-electron chi connectivity index (χ1n) is 18.7. The van der Waals surface area contributed by atoms with Crippen LogP contribution < -0.4 is 21.3 Å². The quantitative estimate of drug-likeness (QED) is 0.0639. The molecule has 0 aromatic carbocycles. The molecule has 0 aliphatic carbocycles. The normalized spacial score (nSPS) is 41.9. The second-order valence-corrected chi connectivity index (χ2v) is 15.7. The van der Waals surface area contributed by atoms with Crippen molar-refractivity contribution in [1.82, 2.24) is 21.3 Å². The minimum absolute atomic E-state index is 0.709. The summed E-state index contributed by atoms with van der Waals surface area (Å²) < 4.78 is 76.7. The molecule has 29 heteroatoms. The molecule has 352 valence electrons. The number of aliphatic hydroxyl groups is 9. The molecule has 4 heterocycles. The maximum absolute atomic E-state index is 12.4. The van der Waals surface area contributed by atoms with Crippen LogP contribution in [0.25, 0.3) is 0 Å². The fraction of sp³-hybridized carbons (Fsp3) is 0.875. The van der Waals surface area contributed by atoms with Crippen molar-refractivity contribution in [3.8, 4) is 0 Å². The highest BCUT2D eigenvalue weighted by Crippen LogP contribution is 2.34. The Kier molecular flexibility index (Phi) is 18.0. The molecule has 28 nitrogen and oxygen atoms in total. The first-order valence-corrected chi connectivity index (χ1v) is 20.1. The second-order valence-electron chi connectivity index (χ2n) is 14.6. The van der Waals surface area contributed by atoms with Crippen LogP contribution in [-0.4, -0.2) is 232 Å². The molecule has 0 aromatic heterocycles. The lowest BCUT2D eigenvalue weighted by atomic mass is 9.93. The monoisotopic (exact) mass is 910 g/mol. The van der Waals surface area contributed by atoms with Gasteiger partial charge in [0.1, 0.15) is 97.4 Å². The summed E-state index contributed by atoms with van der Waals surface area (Å²) in [5.41, 5.74) is 0. The van der Waals surface area contributed by atoms with Gasteiger partial charge in [0.2, 0.25) is 23.6 Å². The Bertz CT molecular complexity index is 1620. The number of amides is 4. The number of nitrogens with one attached hydrogen (secondary N) is 4. The standard InChI is InChI=1S/C32H54N4O24S/c1-9(40)33-17-23(46)28(16(54-29(17)49)8-53-61(50,51)52)60-32-20(36-12(4)43)25(48)27(15(7-39)57-32)59-31-19(35-11(3)42)24(47)26(14(6-38)56-31)58-30-18(34-10(2)41)22(45)21(44)13(5-37)55-30/h13-32,37-39,44-49H,5-8H2,1-4H3,(H,33,40)(H,34,41)(H,35,42)(H,36,43)(H,50,51,52)/t13-,14?,15-,16?,17?,18?,19?,20?,21?,22-,23?,24?,25-,26?,27?,28?,29?,30+,31?,32+/m1/s1. The van der Waals surface area contributed by atoms with Crippen LogP contribution in [0.2, 0.25) is 0 Å². The van der Waals surface area contributed by atoms with E-state index in [0.29, 0.717) is 0 Å². The molecule has 4 fully saturated rings. The van der Waals surface area contributed by atoms with E-state index in [2.05, 4.69) is 25.5 Å². The van der Waals surface area contributed by atoms with Gasteiger partial charge in [-0.15, -0.1) is 0 Å². The predicted molar refractivity (Wildman–Crippen MR) is 191 cm³/mol. The summed E-state index contributed by atoms with van der Waals surface area (Å²) in [4.78, 5) is 48.7. The molecule has 0 spiro atoms. The highest BCUT2D eigenvalue weighted by atomic mass is 32.3. The topological polar surface area (TPSA) is 427 Å². The molecule has 0 saturated carbocycles. The molecule has 14 unspecified atom stereocenters. The Hall–Kier alpha value is -2.89. The third-order valence-corrected chi connectivity index (χ3v) is 10.4. The van der Waals surface area contributed by atoms with Gasteiger partial charge in [-0.2, -0.15) is 8.42 Å². The maximum atomic E-state index is 12.4. The Balaban J connectivity index is 1.63. The van der Waals surface area contributed by atoms with E-state index in [0.717, 1.165) is 27.7 Å². The molecule has 0 bridgehead atoms. The molecule has 4 rings (SSSR count). The zero-order valence-electron chi connectivity index (χ0n) is 33.0. The van der Waals surface area contributed by atoms with Crippen molar-refractivity contribution in [1.29, 1.82) is 0 Å². The summed E-state index contributed by atoms with van der Waals surface area (Å²) in [5.74, 6) is -3.10. The van der Waals surface area contributed by atoms with Gasteiger partial charge >= 0.3 is 10.4 Å². The Morgan fingerprint density at radius 3 is 1.18 bits per heavy atom. The van der Waals surface area contributed by atoms with Crippen LogP contribution in [0, 0.1) is 0 Å². The number of ether oxygens (including phenoxy) is 7. The lowest BCUT2D eigenvalue weighted by Gasteiger charge is -2.51. The van der Waals surface area contributed by atoms with E-state index < -0.39 is 183 Å². The van der Waals surface area contributed by atoms with Gasteiger partial charge in [-0.1, -0.05) is 0 Å². The van der Waals surface area contributed by atoms with Crippen molar-refractivity contribution in [2.45, 2.75) is 150 Å². The molecule has 4 aliphatic heterocycles. The van der Waals surface area contributed by atoms with Gasteiger partial charge in [0.05, 0.1) is 26.4 Å². The maximum Gasteiger partial charge on any atom is 0.397 e. The number of carbonyl (C=O) groups excluding carboxylic acids is 4. The number of hydrogen-bond donors (Lipinski definition) is 14. The molecular weight excluding hydrogens is 856 g/mol. The SMILES string of the molecule is CC(=O)NC1C(O)OC(COS(=O)(=O)O)C(O[C@@H]2O[C@H](CO)C(OC3OC(CO)C(O[C@@H]4O[C@H](CO)C(O)[C@H](O)C4NC(C)=O)C(O)C3NC(C)=O)[C@H](O)C2NC(C)=O)C1O. The van der Waals surface area contributed by atoms with Crippen LogP contribution >= 0.6 is 0 Å². The van der Waals surface area contributed by atoms with Crippen molar-refractivity contribution < 1.29 is 115 Å². The average Bonchev–Trinajstić information content (AvgIpc) is 3.16. The first kappa shape index (κ1) is 50.8. The zero-order valence-corrected chi connectivity index (χ0v) is 33.8. The van der Waals surface area contributed by atoms with Gasteiger partial charge in [-0.25, -0.2) is 4.18 Å². The molecule has 20 atom stereocenters. The van der Waals surface area contributed by atoms with Crippen molar-refractivity contribution in [2.24, 2.45) is 0 Å². The summed E-state index contributed by atoms with van der Waals surface area (Å²) in [7, 11) is -5.14. The van der Waals surface area contributed by atoms with Crippen LogP contribution in [0.5, 0.6) is 0 Å². The lowest BCUT2D eigenvalue weighted by Crippen LogP contribution is -2.71. The molecule has 4 amide bonds. The van der Waals surface area contributed by atoms with Crippen LogP contribution in [0.3, 0.4) is 0 Å². The summed E-state index contributed by atoms with van der Waals surface area (Å²) >= 11 is 0. The third-order valence-electron chi connectivity index (χ3n) is 10.0. The molecule has 0 radical (unpaired) electrons. The van der Waals surface area contributed by atoms with Crippen molar-refractivity contribution >= 4 is 34.0 Å². The number of hydrogen-bond acceptors (Lipinski definition) is 23. The summed E-state index contributed by atoms with van der Waals surface area (Å²) in [6.45, 7) is 0.251. The van der Waals surface area contributed by atoms with Gasteiger partial charge in [0.15, 0.2) is 25.2 Å². The fourth-order valence-corrected chi connectivity index (χ4v) is 7.62. The summed E-state index contributed by atoms with van der Waals surface area (Å²) in [6.07, 6.45) is -28.8. The Morgan fingerprint density at radius 1 is 0.492 bits per heavy atom. The lowest BCUT2D eigenvalue weighted by molar-refractivity contribution is -0.361. The first-order chi connectivity index (χ1) is 28.5. The fourth-order valence-electron chi connectivity index (χ4n) is 7.31. The number of aliphatic hydroxyl groups excluding tert-OH is 9. The Morgan fingerprint density at radius 2 is 0.820 bits per heavy atom. The van der Waals surface area contributed by atoms with Gasteiger partial charge in [-0.3, -0.25) is 23.7 Å². The van der Waals surface area contributed by atoms with Crippen LogP contribution in [0.4, 0.5) is 0 Å². The minimum atomic E-state index is -5.14. The highest BCUT2D eigenvalue weighted by Gasteiger charge is 2.56. The van der Waals surface area contributed by atoms with Gasteiger partial charge in [0, 0.05) is 27.7 Å². The largest absolute Gasteiger partial charge is 0.397 e. The molecule has 0 aromatic rings. The van der Waals surface area contributed by atoms with Crippen molar-refractivity contribution in [3.05, 3.63) is 0 Å². The van der Waals surface area contributed by atoms with Crippen LogP contribution in [-0.2, 0) is 66.9 Å². The minimum Gasteiger partial charge on any atom is -0.394 e. The number of carbonyl (C=O) groups is 4. The zero-order chi connectivity index (χ0) is 45.7. The smallest absolute Gasteiger partial charge is 0.394 e. The highest BCUT2D eigenvalue weighted by molar-refractivity contribution is 7.80. The molecule has 61 heavy (non-hydrogen) atoms. The van der Waals surface area contributed by atoms with E-state index in [1.165, 1.54) is 0 Å². The average molecular weight is 911 g/mol.